The second-order valence-corrected chi connectivity index (χ2v) is 7.48. The number of benzene rings is 2. The van der Waals surface area contributed by atoms with E-state index in [0.717, 1.165) is 16.7 Å². The van der Waals surface area contributed by atoms with Gasteiger partial charge >= 0.3 is 0 Å². The highest BCUT2D eigenvalue weighted by atomic mass is 16.4. The van der Waals surface area contributed by atoms with E-state index in [0.29, 0.717) is 17.1 Å². The zero-order valence-electron chi connectivity index (χ0n) is 16.5. The van der Waals surface area contributed by atoms with Gasteiger partial charge in [-0.3, -0.25) is 14.5 Å². The quantitative estimate of drug-likeness (QED) is 0.718. The molecule has 7 nitrogen and oxygen atoms in total. The Balaban J connectivity index is 1.73. The zero-order chi connectivity index (χ0) is 20.8. The van der Waals surface area contributed by atoms with Gasteiger partial charge in [-0.15, -0.1) is 10.2 Å². The van der Waals surface area contributed by atoms with Gasteiger partial charge in [0.25, 0.3) is 5.91 Å². The lowest BCUT2D eigenvalue weighted by molar-refractivity contribution is -0.141. The van der Waals surface area contributed by atoms with Crippen molar-refractivity contribution in [3.8, 4) is 11.5 Å². The first kappa shape index (κ1) is 19.0. The van der Waals surface area contributed by atoms with Crippen molar-refractivity contribution in [2.45, 2.75) is 39.3 Å². The van der Waals surface area contributed by atoms with E-state index in [-0.39, 0.29) is 24.6 Å². The number of carbonyl (C=O) groups excluding carboxylic acids is 2. The number of hydrogen-bond donors (Lipinski definition) is 1. The van der Waals surface area contributed by atoms with Crippen molar-refractivity contribution in [3.63, 3.8) is 0 Å². The van der Waals surface area contributed by atoms with Crippen LogP contribution in [0.15, 0.2) is 46.9 Å². The molecule has 4 rings (SSSR count). The Labute approximate surface area is 168 Å². The first-order valence-electron chi connectivity index (χ1n) is 9.33. The third kappa shape index (κ3) is 3.23. The van der Waals surface area contributed by atoms with Gasteiger partial charge in [0.1, 0.15) is 12.3 Å². The minimum atomic E-state index is -1.89. The van der Waals surface area contributed by atoms with Crippen LogP contribution in [0.5, 0.6) is 0 Å². The van der Waals surface area contributed by atoms with Crippen LogP contribution >= 0.6 is 0 Å². The number of rotatable bonds is 5. The first-order valence-corrected chi connectivity index (χ1v) is 9.33. The van der Waals surface area contributed by atoms with Crippen LogP contribution in [0, 0.1) is 13.8 Å². The predicted molar refractivity (Wildman–Crippen MR) is 106 cm³/mol. The van der Waals surface area contributed by atoms with E-state index in [4.69, 9.17) is 4.42 Å². The Bertz CT molecular complexity index is 1110. The Morgan fingerprint density at radius 2 is 1.90 bits per heavy atom. The van der Waals surface area contributed by atoms with Crippen LogP contribution in [0.1, 0.15) is 35.9 Å². The van der Waals surface area contributed by atoms with E-state index in [1.54, 1.807) is 6.07 Å². The molecule has 0 radical (unpaired) electrons. The molecule has 7 heteroatoms. The van der Waals surface area contributed by atoms with Gasteiger partial charge in [-0.05, 0) is 38.5 Å². The number of fused-ring (bicyclic) bond motifs is 1. The standard InChI is InChI=1S/C22H21N3O4/c1-13-9-14(2)19-17(10-13)22(28,11-15(3)26)21(27)25(19)12-18-23-24-20(29-18)16-7-5-4-6-8-16/h4-10,28H,11-12H2,1-3H3. The van der Waals surface area contributed by atoms with Gasteiger partial charge in [0.15, 0.2) is 5.60 Å². The van der Waals surface area contributed by atoms with Crippen LogP contribution in [0.25, 0.3) is 11.5 Å². The molecule has 1 aliphatic rings. The summed E-state index contributed by atoms with van der Waals surface area (Å²) in [5.41, 5.74) is 1.65. The van der Waals surface area contributed by atoms with Crippen LogP contribution in [-0.2, 0) is 21.7 Å². The van der Waals surface area contributed by atoms with Gasteiger partial charge < -0.3 is 9.52 Å². The highest BCUT2D eigenvalue weighted by Crippen LogP contribution is 2.45. The largest absolute Gasteiger partial charge is 0.419 e. The van der Waals surface area contributed by atoms with E-state index in [2.05, 4.69) is 10.2 Å². The van der Waals surface area contributed by atoms with Crippen molar-refractivity contribution in [1.82, 2.24) is 10.2 Å². The highest BCUT2D eigenvalue weighted by Gasteiger charge is 2.51. The van der Waals surface area contributed by atoms with E-state index < -0.39 is 11.5 Å². The molecule has 0 saturated heterocycles. The summed E-state index contributed by atoms with van der Waals surface area (Å²) >= 11 is 0. The summed E-state index contributed by atoms with van der Waals surface area (Å²) in [4.78, 5) is 26.4. The second-order valence-electron chi connectivity index (χ2n) is 7.48. The molecule has 2 aromatic carbocycles. The van der Waals surface area contributed by atoms with Gasteiger partial charge in [0.05, 0.1) is 5.69 Å². The van der Waals surface area contributed by atoms with Crippen molar-refractivity contribution < 1.29 is 19.1 Å². The lowest BCUT2D eigenvalue weighted by Crippen LogP contribution is -2.41. The Hall–Kier alpha value is -3.32. The van der Waals surface area contributed by atoms with Gasteiger partial charge in [-0.1, -0.05) is 35.9 Å². The van der Waals surface area contributed by atoms with E-state index in [1.807, 2.05) is 50.2 Å². The summed E-state index contributed by atoms with van der Waals surface area (Å²) < 4.78 is 5.74. The fourth-order valence-electron chi connectivity index (χ4n) is 3.91. The van der Waals surface area contributed by atoms with Crippen molar-refractivity contribution >= 4 is 17.4 Å². The lowest BCUT2D eigenvalue weighted by Gasteiger charge is -2.21. The zero-order valence-corrected chi connectivity index (χ0v) is 16.5. The van der Waals surface area contributed by atoms with Crippen LogP contribution in [0.4, 0.5) is 5.69 Å². The number of aliphatic hydroxyl groups is 1. The maximum absolute atomic E-state index is 13.2. The Kier molecular flexibility index (Phi) is 4.55. The molecule has 3 aromatic rings. The summed E-state index contributed by atoms with van der Waals surface area (Å²) in [5, 5.41) is 19.3. The summed E-state index contributed by atoms with van der Waals surface area (Å²) in [5.74, 6) is -0.227. The molecule has 1 aliphatic heterocycles. The van der Waals surface area contributed by atoms with Gasteiger partial charge in [-0.2, -0.15) is 0 Å². The van der Waals surface area contributed by atoms with Gasteiger partial charge in [-0.25, -0.2) is 0 Å². The monoisotopic (exact) mass is 391 g/mol. The molecule has 0 fully saturated rings. The SMILES string of the molecule is CC(=O)CC1(O)C(=O)N(Cc2nnc(-c3ccccc3)o2)c2c(C)cc(C)cc21. The lowest BCUT2D eigenvalue weighted by atomic mass is 9.88. The molecule has 0 saturated carbocycles. The minimum Gasteiger partial charge on any atom is -0.419 e. The average molecular weight is 391 g/mol. The normalized spacial score (nSPS) is 18.2. The molecular formula is C22H21N3O4. The number of nitrogens with zero attached hydrogens (tertiary/aromatic N) is 3. The van der Waals surface area contributed by atoms with Crippen LogP contribution in [-0.4, -0.2) is 27.0 Å². The second kappa shape index (κ2) is 6.93. The number of carbonyl (C=O) groups is 2. The number of aromatic nitrogens is 2. The maximum Gasteiger partial charge on any atom is 0.264 e. The topological polar surface area (TPSA) is 96.5 Å². The number of anilines is 1. The molecule has 1 atom stereocenters. The van der Waals surface area contributed by atoms with Crippen LogP contribution in [0.2, 0.25) is 0 Å². The molecule has 0 spiro atoms. The highest BCUT2D eigenvalue weighted by molar-refractivity contribution is 6.09. The number of ketones is 1. The molecule has 0 aliphatic carbocycles. The molecule has 1 unspecified atom stereocenters. The van der Waals surface area contributed by atoms with E-state index >= 15 is 0 Å². The Morgan fingerprint density at radius 3 is 2.59 bits per heavy atom. The van der Waals surface area contributed by atoms with Gasteiger partial charge in [0.2, 0.25) is 11.8 Å². The smallest absolute Gasteiger partial charge is 0.264 e. The molecule has 0 bridgehead atoms. The molecular weight excluding hydrogens is 370 g/mol. The molecule has 1 aromatic heterocycles. The number of hydrogen-bond acceptors (Lipinski definition) is 6. The number of amides is 1. The summed E-state index contributed by atoms with van der Waals surface area (Å²) in [6, 6.07) is 13.0. The fourth-order valence-corrected chi connectivity index (χ4v) is 3.91. The van der Waals surface area contributed by atoms with Gasteiger partial charge in [0, 0.05) is 17.5 Å². The Morgan fingerprint density at radius 1 is 1.17 bits per heavy atom. The maximum atomic E-state index is 13.2. The van der Waals surface area contributed by atoms with Crippen molar-refractivity contribution in [2.24, 2.45) is 0 Å². The predicted octanol–water partition coefficient (Wildman–Crippen LogP) is 3.07. The van der Waals surface area contributed by atoms with Crippen molar-refractivity contribution in [2.75, 3.05) is 4.90 Å². The third-order valence-electron chi connectivity index (χ3n) is 5.05. The van der Waals surface area contributed by atoms with Crippen molar-refractivity contribution in [1.29, 1.82) is 0 Å². The average Bonchev–Trinajstić information content (AvgIpc) is 3.21. The van der Waals surface area contributed by atoms with Crippen LogP contribution < -0.4 is 4.90 Å². The third-order valence-corrected chi connectivity index (χ3v) is 5.05. The molecule has 2 heterocycles. The van der Waals surface area contributed by atoms with E-state index in [9.17, 15) is 14.7 Å². The van der Waals surface area contributed by atoms with E-state index in [1.165, 1.54) is 11.8 Å². The molecule has 29 heavy (non-hydrogen) atoms. The summed E-state index contributed by atoms with van der Waals surface area (Å²) in [7, 11) is 0. The number of Topliss-reactive ketones (excluding diaryl/α,β-unsaturated/α-hetero) is 1. The molecule has 1 amide bonds. The summed E-state index contributed by atoms with van der Waals surface area (Å²) in [6.07, 6.45) is -0.280. The molecule has 1 N–H and O–H groups in total. The number of aryl methyl sites for hydroxylation is 2. The summed E-state index contributed by atoms with van der Waals surface area (Å²) in [6.45, 7) is 5.13. The first-order chi connectivity index (χ1) is 13.8. The fraction of sp³-hybridized carbons (Fsp3) is 0.273. The van der Waals surface area contributed by atoms with Crippen molar-refractivity contribution in [3.05, 3.63) is 65.0 Å². The van der Waals surface area contributed by atoms with Crippen LogP contribution in [0.3, 0.4) is 0 Å². The minimum absolute atomic E-state index is 0.00970. The molecule has 148 valence electrons.